The summed E-state index contributed by atoms with van der Waals surface area (Å²) in [4.78, 5) is 3.29. The Morgan fingerprint density at radius 1 is 1.33 bits per heavy atom. The van der Waals surface area contributed by atoms with Crippen LogP contribution in [0.25, 0.3) is 0 Å². The van der Waals surface area contributed by atoms with Gasteiger partial charge >= 0.3 is 0 Å². The molecule has 0 spiro atoms. The van der Waals surface area contributed by atoms with E-state index in [0.717, 1.165) is 6.20 Å². The molecule has 0 aliphatic rings. The largest absolute Gasteiger partial charge is 0.231 e. The normalized spacial score (nSPS) is 11.8. The van der Waals surface area contributed by atoms with Crippen LogP contribution in [-0.2, 0) is 3.79 Å². The molecule has 0 aromatic carbocycles. The van der Waals surface area contributed by atoms with Gasteiger partial charge in [0.15, 0.2) is 0 Å². The highest BCUT2D eigenvalue weighted by molar-refractivity contribution is 6.66. The molecular weight excluding hydrogens is 247 g/mol. The Hall–Kier alpha value is 0.240. The fourth-order valence-corrected chi connectivity index (χ4v) is 1.05. The number of pyridine rings is 1. The van der Waals surface area contributed by atoms with E-state index in [4.69, 9.17) is 46.4 Å². The van der Waals surface area contributed by atoms with Crippen molar-refractivity contribution in [1.82, 2.24) is 4.98 Å². The first-order valence-corrected chi connectivity index (χ1v) is 4.30. The Balaban J connectivity index is 3.14. The van der Waals surface area contributed by atoms with Crippen LogP contribution in [0.15, 0.2) is 12.3 Å². The minimum absolute atomic E-state index is 0.168. The van der Waals surface area contributed by atoms with Crippen molar-refractivity contribution in [3.8, 4) is 0 Å². The van der Waals surface area contributed by atoms with Crippen molar-refractivity contribution >= 4 is 46.4 Å². The maximum atomic E-state index is 12.5. The van der Waals surface area contributed by atoms with Crippen LogP contribution in [0.4, 0.5) is 4.39 Å². The van der Waals surface area contributed by atoms with Gasteiger partial charge in [0.2, 0.25) is 9.74 Å². The van der Waals surface area contributed by atoms with Gasteiger partial charge in [0, 0.05) is 11.8 Å². The van der Waals surface area contributed by atoms with Crippen LogP contribution in [0.2, 0.25) is 5.02 Å². The first-order chi connectivity index (χ1) is 5.41. The van der Waals surface area contributed by atoms with E-state index < -0.39 is 9.74 Å². The van der Waals surface area contributed by atoms with Gasteiger partial charge in [0.25, 0.3) is 0 Å². The lowest BCUT2D eigenvalue weighted by Gasteiger charge is -2.10. The van der Waals surface area contributed by atoms with E-state index in [-0.39, 0.29) is 10.6 Å². The van der Waals surface area contributed by atoms with Crippen LogP contribution in [-0.4, -0.2) is 4.98 Å². The lowest BCUT2D eigenvalue weighted by Crippen LogP contribution is -2.01. The molecule has 66 valence electrons. The molecule has 1 aromatic heterocycles. The number of hydrogen-bond acceptors (Lipinski definition) is 1. The number of alkyl halides is 3. The standard InChI is InChI=1S/C6H2Cl4FN/c7-4-1-3(6(8,9)10)2-12-5(4)11/h1-2H. The SMILES string of the molecule is Fc1ncc(C(Cl)(Cl)Cl)cc1Cl. The minimum Gasteiger partial charge on any atom is -0.227 e. The quantitative estimate of drug-likeness (QED) is 0.504. The van der Waals surface area contributed by atoms with E-state index in [1.165, 1.54) is 6.07 Å². The summed E-state index contributed by atoms with van der Waals surface area (Å²) in [6.45, 7) is 0. The first kappa shape index (κ1) is 10.3. The second kappa shape index (κ2) is 3.54. The highest BCUT2D eigenvalue weighted by atomic mass is 35.6. The van der Waals surface area contributed by atoms with Crippen molar-refractivity contribution in [3.05, 3.63) is 28.8 Å². The van der Waals surface area contributed by atoms with E-state index in [1.54, 1.807) is 0 Å². The zero-order valence-electron chi connectivity index (χ0n) is 5.49. The van der Waals surface area contributed by atoms with Crippen LogP contribution >= 0.6 is 46.4 Å². The van der Waals surface area contributed by atoms with Crippen LogP contribution < -0.4 is 0 Å². The van der Waals surface area contributed by atoms with E-state index in [0.29, 0.717) is 0 Å². The van der Waals surface area contributed by atoms with Gasteiger partial charge in [-0.1, -0.05) is 46.4 Å². The Kier molecular flexibility index (Phi) is 3.05. The number of aromatic nitrogens is 1. The molecule has 0 atom stereocenters. The molecular formula is C6H2Cl4FN. The highest BCUT2D eigenvalue weighted by Crippen LogP contribution is 2.38. The molecule has 0 saturated carbocycles. The van der Waals surface area contributed by atoms with Crippen LogP contribution in [0.5, 0.6) is 0 Å². The number of hydrogen-bond donors (Lipinski definition) is 0. The molecule has 0 saturated heterocycles. The van der Waals surface area contributed by atoms with E-state index in [2.05, 4.69) is 4.98 Å². The van der Waals surface area contributed by atoms with Gasteiger partial charge in [0.1, 0.15) is 0 Å². The molecule has 1 heterocycles. The van der Waals surface area contributed by atoms with Gasteiger partial charge in [-0.3, -0.25) is 0 Å². The Morgan fingerprint density at radius 3 is 2.33 bits per heavy atom. The van der Waals surface area contributed by atoms with Gasteiger partial charge in [-0.25, -0.2) is 4.98 Å². The summed E-state index contributed by atoms with van der Waals surface area (Å²) >= 11 is 21.9. The van der Waals surface area contributed by atoms with Crippen molar-refractivity contribution in [2.24, 2.45) is 0 Å². The topological polar surface area (TPSA) is 12.9 Å². The molecule has 0 amide bonds. The average molecular weight is 249 g/mol. The predicted molar refractivity (Wildman–Crippen MR) is 48.4 cm³/mol. The smallest absolute Gasteiger partial charge is 0.227 e. The number of nitrogens with zero attached hydrogens (tertiary/aromatic N) is 1. The summed E-state index contributed by atoms with van der Waals surface area (Å²) in [7, 11) is 0. The Morgan fingerprint density at radius 2 is 1.92 bits per heavy atom. The number of rotatable bonds is 0. The zero-order chi connectivity index (χ0) is 9.35. The van der Waals surface area contributed by atoms with Crippen molar-refractivity contribution in [2.75, 3.05) is 0 Å². The highest BCUT2D eigenvalue weighted by Gasteiger charge is 2.24. The molecule has 0 unspecified atom stereocenters. The molecule has 6 heteroatoms. The second-order valence-corrected chi connectivity index (χ2v) is 4.68. The summed E-state index contributed by atoms with van der Waals surface area (Å²) in [6.07, 6.45) is 1.12. The first-order valence-electron chi connectivity index (χ1n) is 2.79. The molecule has 1 nitrogen and oxygen atoms in total. The fraction of sp³-hybridized carbons (Fsp3) is 0.167. The lowest BCUT2D eigenvalue weighted by atomic mass is 10.3. The maximum absolute atomic E-state index is 12.5. The van der Waals surface area contributed by atoms with Crippen molar-refractivity contribution < 1.29 is 4.39 Å². The van der Waals surface area contributed by atoms with Crippen molar-refractivity contribution in [1.29, 1.82) is 0 Å². The molecule has 0 aliphatic carbocycles. The lowest BCUT2D eigenvalue weighted by molar-refractivity contribution is 0.583. The molecule has 0 fully saturated rings. The van der Waals surface area contributed by atoms with Gasteiger partial charge in [0.05, 0.1) is 5.02 Å². The maximum Gasteiger partial charge on any atom is 0.231 e. The predicted octanol–water partition coefficient (Wildman–Crippen LogP) is 3.70. The molecule has 0 aliphatic heterocycles. The third kappa shape index (κ3) is 2.36. The van der Waals surface area contributed by atoms with E-state index >= 15 is 0 Å². The minimum atomic E-state index is -1.62. The van der Waals surface area contributed by atoms with Crippen molar-refractivity contribution in [2.45, 2.75) is 3.79 Å². The van der Waals surface area contributed by atoms with E-state index in [1.807, 2.05) is 0 Å². The third-order valence-electron chi connectivity index (χ3n) is 1.12. The summed E-state index contributed by atoms with van der Waals surface area (Å²) in [5.74, 6) is -0.783. The molecule has 0 radical (unpaired) electrons. The van der Waals surface area contributed by atoms with Gasteiger partial charge in [-0.2, -0.15) is 4.39 Å². The van der Waals surface area contributed by atoms with Gasteiger partial charge in [-0.05, 0) is 6.07 Å². The van der Waals surface area contributed by atoms with Gasteiger partial charge in [-0.15, -0.1) is 0 Å². The van der Waals surface area contributed by atoms with Crippen LogP contribution in [0.1, 0.15) is 5.56 Å². The average Bonchev–Trinajstić information content (AvgIpc) is 1.92. The zero-order valence-corrected chi connectivity index (χ0v) is 8.52. The van der Waals surface area contributed by atoms with Gasteiger partial charge < -0.3 is 0 Å². The summed E-state index contributed by atoms with van der Waals surface area (Å²) in [5.41, 5.74) is 0.235. The van der Waals surface area contributed by atoms with E-state index in [9.17, 15) is 4.39 Å². The van der Waals surface area contributed by atoms with Crippen LogP contribution in [0, 0.1) is 5.95 Å². The molecule has 0 N–H and O–H groups in total. The molecule has 1 rings (SSSR count). The second-order valence-electron chi connectivity index (χ2n) is 1.99. The Bertz CT molecular complexity index is 296. The summed E-state index contributed by atoms with van der Waals surface area (Å²) < 4.78 is 10.9. The molecule has 1 aromatic rings. The Labute approximate surface area is 88.4 Å². The van der Waals surface area contributed by atoms with Crippen LogP contribution in [0.3, 0.4) is 0 Å². The molecule has 0 bridgehead atoms. The fourth-order valence-electron chi connectivity index (χ4n) is 0.576. The monoisotopic (exact) mass is 247 g/mol. The molecule has 12 heavy (non-hydrogen) atoms. The third-order valence-corrected chi connectivity index (χ3v) is 2.04. The van der Waals surface area contributed by atoms with Crippen molar-refractivity contribution in [3.63, 3.8) is 0 Å². The summed E-state index contributed by atoms with van der Waals surface area (Å²) in [6, 6.07) is 1.22. The summed E-state index contributed by atoms with van der Waals surface area (Å²) in [5, 5.41) is -0.168. The number of halogens is 5.